The zero-order valence-corrected chi connectivity index (χ0v) is 9.54. The van der Waals surface area contributed by atoms with Crippen molar-refractivity contribution in [2.75, 3.05) is 6.54 Å². The summed E-state index contributed by atoms with van der Waals surface area (Å²) in [5, 5.41) is 11.1. The van der Waals surface area contributed by atoms with E-state index in [0.717, 1.165) is 27.7 Å². The van der Waals surface area contributed by atoms with Crippen LogP contribution in [0.2, 0.25) is 0 Å². The molecular formula is C13H16N2O. The molecule has 0 aliphatic rings. The van der Waals surface area contributed by atoms with Gasteiger partial charge in [-0.3, -0.25) is 0 Å². The van der Waals surface area contributed by atoms with Crippen LogP contribution in [0, 0.1) is 13.8 Å². The molecule has 0 amide bonds. The summed E-state index contributed by atoms with van der Waals surface area (Å²) in [5.74, 6) is 0.323. The number of phenols is 1. The van der Waals surface area contributed by atoms with Gasteiger partial charge in [0.1, 0.15) is 5.75 Å². The van der Waals surface area contributed by atoms with Gasteiger partial charge in [0, 0.05) is 28.7 Å². The first-order valence-electron chi connectivity index (χ1n) is 5.32. The van der Waals surface area contributed by atoms with Crippen molar-refractivity contribution >= 4 is 17.0 Å². The Bertz CT molecular complexity index is 553. The molecule has 16 heavy (non-hydrogen) atoms. The van der Waals surface area contributed by atoms with E-state index in [1.165, 1.54) is 0 Å². The lowest BCUT2D eigenvalue weighted by Crippen LogP contribution is -1.92. The average Bonchev–Trinajstić information content (AvgIpc) is 2.55. The lowest BCUT2D eigenvalue weighted by atomic mass is 10.1. The molecule has 0 saturated carbocycles. The second-order valence-electron chi connectivity index (χ2n) is 3.94. The van der Waals surface area contributed by atoms with Crippen LogP contribution in [0.1, 0.15) is 16.8 Å². The molecule has 4 N–H and O–H groups in total. The minimum atomic E-state index is 0.323. The van der Waals surface area contributed by atoms with Crippen LogP contribution in [-0.4, -0.2) is 16.6 Å². The molecule has 1 aromatic carbocycles. The molecule has 1 aromatic heterocycles. The number of fused-ring (bicyclic) bond motifs is 1. The van der Waals surface area contributed by atoms with Gasteiger partial charge >= 0.3 is 0 Å². The third-order valence-electron chi connectivity index (χ3n) is 2.90. The van der Waals surface area contributed by atoms with Crippen LogP contribution in [0.15, 0.2) is 18.2 Å². The van der Waals surface area contributed by atoms with E-state index in [9.17, 15) is 5.11 Å². The van der Waals surface area contributed by atoms with Gasteiger partial charge in [0.2, 0.25) is 0 Å². The first-order valence-corrected chi connectivity index (χ1v) is 5.32. The molecule has 3 nitrogen and oxygen atoms in total. The van der Waals surface area contributed by atoms with Crippen LogP contribution in [0.4, 0.5) is 0 Å². The lowest BCUT2D eigenvalue weighted by Gasteiger charge is -2.02. The summed E-state index contributed by atoms with van der Waals surface area (Å²) in [5.41, 5.74) is 9.36. The number of aromatic hydroxyl groups is 1. The Labute approximate surface area is 94.6 Å². The van der Waals surface area contributed by atoms with Crippen molar-refractivity contribution in [3.05, 3.63) is 35.0 Å². The molecule has 84 valence electrons. The number of aromatic amines is 1. The normalized spacial score (nSPS) is 11.7. The summed E-state index contributed by atoms with van der Waals surface area (Å²) < 4.78 is 0. The van der Waals surface area contributed by atoms with Crippen LogP contribution < -0.4 is 5.73 Å². The number of nitrogens with one attached hydrogen (secondary N) is 1. The molecule has 0 atom stereocenters. The van der Waals surface area contributed by atoms with E-state index < -0.39 is 0 Å². The molecule has 1 heterocycles. The van der Waals surface area contributed by atoms with E-state index in [2.05, 4.69) is 4.98 Å². The first-order chi connectivity index (χ1) is 7.65. The van der Waals surface area contributed by atoms with Gasteiger partial charge in [-0.05, 0) is 31.5 Å². The molecular weight excluding hydrogens is 200 g/mol. The molecule has 0 bridgehead atoms. The first kappa shape index (κ1) is 10.8. The number of hydrogen-bond acceptors (Lipinski definition) is 2. The van der Waals surface area contributed by atoms with E-state index in [0.29, 0.717) is 12.3 Å². The maximum Gasteiger partial charge on any atom is 0.132 e. The van der Waals surface area contributed by atoms with Gasteiger partial charge in [-0.2, -0.15) is 0 Å². The number of H-pyrrole nitrogens is 1. The van der Waals surface area contributed by atoms with Crippen LogP contribution in [0.5, 0.6) is 5.75 Å². The number of hydrogen-bond donors (Lipinski definition) is 3. The number of nitrogens with two attached hydrogens (primary N) is 1. The summed E-state index contributed by atoms with van der Waals surface area (Å²) in [6.07, 6.45) is 3.67. The van der Waals surface area contributed by atoms with Crippen LogP contribution in [0.25, 0.3) is 17.0 Å². The summed E-state index contributed by atoms with van der Waals surface area (Å²) in [4.78, 5) is 3.24. The van der Waals surface area contributed by atoms with E-state index in [1.807, 2.05) is 38.1 Å². The van der Waals surface area contributed by atoms with Crippen LogP contribution in [0.3, 0.4) is 0 Å². The number of aryl methyl sites for hydroxylation is 2. The van der Waals surface area contributed by atoms with Crippen molar-refractivity contribution in [3.8, 4) is 5.75 Å². The highest BCUT2D eigenvalue weighted by molar-refractivity contribution is 5.93. The Morgan fingerprint density at radius 2 is 2.12 bits per heavy atom. The van der Waals surface area contributed by atoms with Gasteiger partial charge in [-0.15, -0.1) is 0 Å². The van der Waals surface area contributed by atoms with E-state index >= 15 is 0 Å². The largest absolute Gasteiger partial charge is 0.507 e. The highest BCUT2D eigenvalue weighted by Crippen LogP contribution is 2.33. The third-order valence-corrected chi connectivity index (χ3v) is 2.90. The Morgan fingerprint density at radius 3 is 2.81 bits per heavy atom. The molecule has 3 heteroatoms. The molecule has 0 aliphatic carbocycles. The highest BCUT2D eigenvalue weighted by atomic mass is 16.3. The fraction of sp³-hybridized carbons (Fsp3) is 0.231. The Hall–Kier alpha value is -1.74. The molecule has 0 spiro atoms. The monoisotopic (exact) mass is 216 g/mol. The number of benzene rings is 1. The fourth-order valence-electron chi connectivity index (χ4n) is 1.90. The van der Waals surface area contributed by atoms with Gasteiger partial charge in [0.15, 0.2) is 0 Å². The Balaban J connectivity index is 2.68. The molecule has 0 fully saturated rings. The number of rotatable bonds is 2. The van der Waals surface area contributed by atoms with Crippen LogP contribution in [-0.2, 0) is 0 Å². The maximum absolute atomic E-state index is 10.2. The zero-order valence-electron chi connectivity index (χ0n) is 9.54. The standard InChI is InChI=1S/C13H16N2O/c1-8-9(2)15-11-6-5-10(4-3-7-14)13(16)12(8)11/h3-6,15-16H,7,14H2,1-2H3/b4-3+. The number of aromatic nitrogens is 1. The summed E-state index contributed by atoms with van der Waals surface area (Å²) in [6, 6.07) is 3.87. The van der Waals surface area contributed by atoms with Crippen molar-refractivity contribution in [2.45, 2.75) is 13.8 Å². The minimum Gasteiger partial charge on any atom is -0.507 e. The molecule has 0 radical (unpaired) electrons. The second-order valence-corrected chi connectivity index (χ2v) is 3.94. The summed E-state index contributed by atoms with van der Waals surface area (Å²) >= 11 is 0. The van der Waals surface area contributed by atoms with Crippen molar-refractivity contribution in [1.29, 1.82) is 0 Å². The van der Waals surface area contributed by atoms with E-state index in [1.54, 1.807) is 0 Å². The molecule has 2 aromatic rings. The quantitative estimate of drug-likeness (QED) is 0.722. The van der Waals surface area contributed by atoms with Crippen molar-refractivity contribution in [1.82, 2.24) is 4.98 Å². The third kappa shape index (κ3) is 1.59. The van der Waals surface area contributed by atoms with E-state index in [4.69, 9.17) is 5.73 Å². The van der Waals surface area contributed by atoms with E-state index in [-0.39, 0.29) is 0 Å². The van der Waals surface area contributed by atoms with Crippen molar-refractivity contribution < 1.29 is 5.11 Å². The van der Waals surface area contributed by atoms with Gasteiger partial charge in [0.25, 0.3) is 0 Å². The van der Waals surface area contributed by atoms with Crippen molar-refractivity contribution in [2.24, 2.45) is 5.73 Å². The molecule has 2 rings (SSSR count). The molecule has 0 aliphatic heterocycles. The molecule has 0 saturated heterocycles. The Morgan fingerprint density at radius 1 is 1.38 bits per heavy atom. The topological polar surface area (TPSA) is 62.0 Å². The van der Waals surface area contributed by atoms with Gasteiger partial charge in [-0.1, -0.05) is 12.2 Å². The second kappa shape index (κ2) is 4.02. The smallest absolute Gasteiger partial charge is 0.132 e. The van der Waals surface area contributed by atoms with Gasteiger partial charge in [0.05, 0.1) is 0 Å². The Kier molecular flexibility index (Phi) is 2.71. The average molecular weight is 216 g/mol. The highest BCUT2D eigenvalue weighted by Gasteiger charge is 2.10. The minimum absolute atomic E-state index is 0.323. The molecule has 0 unspecified atom stereocenters. The zero-order chi connectivity index (χ0) is 11.7. The SMILES string of the molecule is Cc1[nH]c2ccc(/C=C/CN)c(O)c2c1C. The predicted octanol–water partition coefficient (Wildman–Crippen LogP) is 2.46. The lowest BCUT2D eigenvalue weighted by molar-refractivity contribution is 0.480. The maximum atomic E-state index is 10.2. The fourth-order valence-corrected chi connectivity index (χ4v) is 1.90. The number of phenolic OH excluding ortho intramolecular Hbond substituents is 1. The van der Waals surface area contributed by atoms with Crippen LogP contribution >= 0.6 is 0 Å². The summed E-state index contributed by atoms with van der Waals surface area (Å²) in [6.45, 7) is 4.48. The summed E-state index contributed by atoms with van der Waals surface area (Å²) in [7, 11) is 0. The van der Waals surface area contributed by atoms with Gasteiger partial charge in [-0.25, -0.2) is 0 Å². The van der Waals surface area contributed by atoms with Crippen molar-refractivity contribution in [3.63, 3.8) is 0 Å². The van der Waals surface area contributed by atoms with Gasteiger partial charge < -0.3 is 15.8 Å². The predicted molar refractivity (Wildman–Crippen MR) is 67.5 cm³/mol.